The SMILES string of the molecule is CCCCCCCCCCCn1cc(C(C)c2cc[nH]c(=O)c2)c(=O)[nH]c1=S. The number of unbranched alkanes of at least 4 members (excludes halogenated alkanes) is 8. The molecule has 0 saturated heterocycles. The smallest absolute Gasteiger partial charge is 0.255 e. The summed E-state index contributed by atoms with van der Waals surface area (Å²) in [5.41, 5.74) is 1.11. The Morgan fingerprint density at radius 3 is 2.32 bits per heavy atom. The maximum Gasteiger partial charge on any atom is 0.255 e. The molecule has 2 aromatic rings. The van der Waals surface area contributed by atoms with E-state index in [9.17, 15) is 9.59 Å². The van der Waals surface area contributed by atoms with Gasteiger partial charge in [-0.3, -0.25) is 14.6 Å². The molecule has 2 rings (SSSR count). The van der Waals surface area contributed by atoms with Crippen LogP contribution in [0.25, 0.3) is 0 Å². The molecule has 28 heavy (non-hydrogen) atoms. The number of hydrogen-bond acceptors (Lipinski definition) is 3. The minimum absolute atomic E-state index is 0.164. The zero-order valence-electron chi connectivity index (χ0n) is 17.1. The fraction of sp³-hybridized carbons (Fsp3) is 0.591. The molecule has 154 valence electrons. The van der Waals surface area contributed by atoms with E-state index >= 15 is 0 Å². The van der Waals surface area contributed by atoms with Crippen molar-refractivity contribution in [1.82, 2.24) is 14.5 Å². The Kier molecular flexibility index (Phi) is 9.41. The summed E-state index contributed by atoms with van der Waals surface area (Å²) in [5.74, 6) is -0.170. The summed E-state index contributed by atoms with van der Waals surface area (Å²) in [4.78, 5) is 29.4. The van der Waals surface area contributed by atoms with Crippen molar-refractivity contribution in [3.05, 3.63) is 61.1 Å². The molecule has 1 unspecified atom stereocenters. The predicted molar refractivity (Wildman–Crippen MR) is 118 cm³/mol. The summed E-state index contributed by atoms with van der Waals surface area (Å²) in [7, 11) is 0. The standard InChI is InChI=1S/C22H33N3O2S/c1-3-4-5-6-7-8-9-10-11-14-25-16-19(21(27)24-22(25)28)17(2)18-12-13-23-20(26)15-18/h12-13,15-17H,3-11,14H2,1-2H3,(H,23,26)(H,24,27,28). The summed E-state index contributed by atoms with van der Waals surface area (Å²) < 4.78 is 2.42. The molecule has 0 aliphatic carbocycles. The van der Waals surface area contributed by atoms with Crippen LogP contribution in [-0.2, 0) is 6.54 Å². The van der Waals surface area contributed by atoms with Crippen molar-refractivity contribution in [3.63, 3.8) is 0 Å². The van der Waals surface area contributed by atoms with Crippen molar-refractivity contribution in [2.24, 2.45) is 0 Å². The molecule has 2 aromatic heterocycles. The van der Waals surface area contributed by atoms with Crippen LogP contribution in [0.1, 0.15) is 88.7 Å². The van der Waals surface area contributed by atoms with Crippen molar-refractivity contribution < 1.29 is 0 Å². The molecule has 0 aromatic carbocycles. The summed E-state index contributed by atoms with van der Waals surface area (Å²) in [5, 5.41) is 0. The van der Waals surface area contributed by atoms with Crippen LogP contribution in [0.4, 0.5) is 0 Å². The molecule has 0 aliphatic heterocycles. The van der Waals surface area contributed by atoms with Crippen molar-refractivity contribution >= 4 is 12.2 Å². The van der Waals surface area contributed by atoms with E-state index in [1.165, 1.54) is 57.4 Å². The number of H-pyrrole nitrogens is 2. The minimum atomic E-state index is -0.180. The number of pyridine rings is 1. The van der Waals surface area contributed by atoms with Crippen LogP contribution in [0, 0.1) is 4.77 Å². The third kappa shape index (κ3) is 6.89. The monoisotopic (exact) mass is 403 g/mol. The molecule has 0 radical (unpaired) electrons. The lowest BCUT2D eigenvalue weighted by Gasteiger charge is -2.14. The molecule has 0 saturated carbocycles. The number of nitrogens with one attached hydrogen (secondary N) is 2. The Morgan fingerprint density at radius 1 is 1.04 bits per heavy atom. The van der Waals surface area contributed by atoms with Gasteiger partial charge in [-0.25, -0.2) is 0 Å². The van der Waals surface area contributed by atoms with E-state index in [1.807, 2.05) is 23.8 Å². The molecule has 1 atom stereocenters. The van der Waals surface area contributed by atoms with Gasteiger partial charge in [0, 0.05) is 36.5 Å². The first kappa shape index (κ1) is 22.3. The van der Waals surface area contributed by atoms with Crippen LogP contribution in [0.2, 0.25) is 0 Å². The fourth-order valence-electron chi connectivity index (χ4n) is 3.50. The lowest BCUT2D eigenvalue weighted by Crippen LogP contribution is -2.21. The summed E-state index contributed by atoms with van der Waals surface area (Å²) in [6, 6.07) is 3.37. The van der Waals surface area contributed by atoms with E-state index in [0.717, 1.165) is 18.5 Å². The van der Waals surface area contributed by atoms with Gasteiger partial charge < -0.3 is 9.55 Å². The second-order valence-corrected chi connectivity index (χ2v) is 7.96. The maximum absolute atomic E-state index is 12.4. The van der Waals surface area contributed by atoms with Crippen LogP contribution in [0.15, 0.2) is 34.1 Å². The number of aromatic amines is 2. The first-order valence-electron chi connectivity index (χ1n) is 10.5. The summed E-state index contributed by atoms with van der Waals surface area (Å²) in [6.07, 6.45) is 14.9. The molecule has 2 N–H and O–H groups in total. The van der Waals surface area contributed by atoms with Crippen LogP contribution in [0.5, 0.6) is 0 Å². The number of nitrogens with zero attached hydrogens (tertiary/aromatic N) is 1. The third-order valence-electron chi connectivity index (χ3n) is 5.31. The maximum atomic E-state index is 12.4. The lowest BCUT2D eigenvalue weighted by atomic mass is 9.96. The quantitative estimate of drug-likeness (QED) is 0.374. The van der Waals surface area contributed by atoms with Gasteiger partial charge in [-0.2, -0.15) is 0 Å². The molecule has 2 heterocycles. The van der Waals surface area contributed by atoms with Gasteiger partial charge in [0.25, 0.3) is 5.56 Å². The van der Waals surface area contributed by atoms with Gasteiger partial charge in [0.05, 0.1) is 0 Å². The molecule has 5 nitrogen and oxygen atoms in total. The first-order valence-corrected chi connectivity index (χ1v) is 11.0. The largest absolute Gasteiger partial charge is 0.329 e. The van der Waals surface area contributed by atoms with Crippen LogP contribution in [0.3, 0.4) is 0 Å². The van der Waals surface area contributed by atoms with Crippen LogP contribution >= 0.6 is 12.2 Å². The van der Waals surface area contributed by atoms with Gasteiger partial charge >= 0.3 is 0 Å². The predicted octanol–water partition coefficient (Wildman–Crippen LogP) is 5.28. The normalized spacial score (nSPS) is 12.2. The molecule has 0 fully saturated rings. The second kappa shape index (κ2) is 11.8. The van der Waals surface area contributed by atoms with Crippen LogP contribution < -0.4 is 11.1 Å². The van der Waals surface area contributed by atoms with Crippen molar-refractivity contribution in [3.8, 4) is 0 Å². The highest BCUT2D eigenvalue weighted by molar-refractivity contribution is 7.71. The Bertz CT molecular complexity index is 897. The highest BCUT2D eigenvalue weighted by Crippen LogP contribution is 2.19. The number of rotatable bonds is 12. The van der Waals surface area contributed by atoms with E-state index in [-0.39, 0.29) is 17.0 Å². The average molecular weight is 404 g/mol. The van der Waals surface area contributed by atoms with E-state index in [4.69, 9.17) is 12.2 Å². The number of aryl methyl sites for hydroxylation is 1. The van der Waals surface area contributed by atoms with Gasteiger partial charge in [-0.15, -0.1) is 0 Å². The van der Waals surface area contributed by atoms with Crippen molar-refractivity contribution in [2.75, 3.05) is 0 Å². The zero-order valence-corrected chi connectivity index (χ0v) is 17.9. The number of hydrogen-bond donors (Lipinski definition) is 2. The highest BCUT2D eigenvalue weighted by atomic mass is 32.1. The van der Waals surface area contributed by atoms with E-state index in [1.54, 1.807) is 6.20 Å². The first-order chi connectivity index (χ1) is 13.5. The van der Waals surface area contributed by atoms with Gasteiger partial charge in [-0.05, 0) is 30.3 Å². The molecule has 0 spiro atoms. The topological polar surface area (TPSA) is 70.7 Å². The van der Waals surface area contributed by atoms with Gasteiger partial charge in [0.2, 0.25) is 5.56 Å². The van der Waals surface area contributed by atoms with Gasteiger partial charge in [0.1, 0.15) is 0 Å². The van der Waals surface area contributed by atoms with E-state index in [2.05, 4.69) is 16.9 Å². The molecular formula is C22H33N3O2S. The second-order valence-electron chi connectivity index (χ2n) is 7.57. The summed E-state index contributed by atoms with van der Waals surface area (Å²) in [6.45, 7) is 4.99. The Morgan fingerprint density at radius 2 is 1.68 bits per heavy atom. The van der Waals surface area contributed by atoms with E-state index in [0.29, 0.717) is 10.3 Å². The van der Waals surface area contributed by atoms with Gasteiger partial charge in [0.15, 0.2) is 4.77 Å². The molecule has 6 heteroatoms. The van der Waals surface area contributed by atoms with Gasteiger partial charge in [-0.1, -0.05) is 65.2 Å². The third-order valence-corrected chi connectivity index (χ3v) is 5.64. The highest BCUT2D eigenvalue weighted by Gasteiger charge is 2.14. The Labute approximate surface area is 172 Å². The number of aromatic nitrogens is 3. The van der Waals surface area contributed by atoms with Crippen molar-refractivity contribution in [2.45, 2.75) is 84.1 Å². The average Bonchev–Trinajstić information content (AvgIpc) is 2.67. The van der Waals surface area contributed by atoms with Crippen molar-refractivity contribution in [1.29, 1.82) is 0 Å². The Balaban J connectivity index is 1.91. The lowest BCUT2D eigenvalue weighted by molar-refractivity contribution is 0.531. The molecule has 0 bridgehead atoms. The Hall–Kier alpha value is -1.95. The zero-order chi connectivity index (χ0) is 20.4. The minimum Gasteiger partial charge on any atom is -0.329 e. The van der Waals surface area contributed by atoms with E-state index < -0.39 is 0 Å². The summed E-state index contributed by atoms with van der Waals surface area (Å²) >= 11 is 5.34. The molecule has 0 amide bonds. The molecule has 0 aliphatic rings. The van der Waals surface area contributed by atoms with Crippen LogP contribution in [-0.4, -0.2) is 14.5 Å². The molecular weight excluding hydrogens is 370 g/mol. The fourth-order valence-corrected chi connectivity index (χ4v) is 3.74.